The second-order valence-electron chi connectivity index (χ2n) is 5.89. The van der Waals surface area contributed by atoms with Gasteiger partial charge in [-0.2, -0.15) is 5.26 Å². The summed E-state index contributed by atoms with van der Waals surface area (Å²) in [7, 11) is 3.20. The number of amides is 1. The summed E-state index contributed by atoms with van der Waals surface area (Å²) >= 11 is 1.20. The molecule has 9 heteroatoms. The van der Waals surface area contributed by atoms with Gasteiger partial charge in [0.2, 0.25) is 5.91 Å². The number of nitriles is 1. The number of thioether (sulfide) groups is 1. The van der Waals surface area contributed by atoms with Crippen molar-refractivity contribution in [1.29, 1.82) is 5.26 Å². The Morgan fingerprint density at radius 3 is 2.67 bits per heavy atom. The van der Waals surface area contributed by atoms with Gasteiger partial charge in [-0.15, -0.1) is 0 Å². The molecule has 0 unspecified atom stereocenters. The maximum absolute atomic E-state index is 12.6. The Morgan fingerprint density at radius 2 is 2.04 bits per heavy atom. The first-order chi connectivity index (χ1) is 13.0. The van der Waals surface area contributed by atoms with E-state index in [1.807, 2.05) is 18.2 Å². The van der Waals surface area contributed by atoms with Crippen LogP contribution in [0.5, 0.6) is 11.5 Å². The van der Waals surface area contributed by atoms with Crippen molar-refractivity contribution >= 4 is 23.5 Å². The van der Waals surface area contributed by atoms with Gasteiger partial charge < -0.3 is 20.1 Å². The minimum absolute atomic E-state index is 0.00744. The van der Waals surface area contributed by atoms with E-state index in [9.17, 15) is 4.79 Å². The molecule has 8 nitrogen and oxygen atoms in total. The first-order valence-electron chi connectivity index (χ1n) is 8.22. The van der Waals surface area contributed by atoms with Crippen molar-refractivity contribution in [2.75, 3.05) is 32.3 Å². The molecule has 0 radical (unpaired) electrons. The molecule has 140 valence electrons. The maximum Gasteiger partial charge on any atom is 0.233 e. The fourth-order valence-electron chi connectivity index (χ4n) is 2.85. The number of rotatable bonds is 5. The van der Waals surface area contributed by atoms with E-state index in [0.29, 0.717) is 29.7 Å². The molecule has 0 aliphatic carbocycles. The Balaban J connectivity index is 1.65. The lowest BCUT2D eigenvalue weighted by atomic mass is 9.99. The summed E-state index contributed by atoms with van der Waals surface area (Å²) in [6.45, 7) is 1.16. The Kier molecular flexibility index (Phi) is 5.66. The highest BCUT2D eigenvalue weighted by Gasteiger charge is 2.23. The molecule has 1 amide bonds. The lowest BCUT2D eigenvalue weighted by Crippen LogP contribution is -2.37. The SMILES string of the molecule is COc1cc2c(cc1OC)CN(C(=O)CSc1ncc(C#N)c(N)n1)CC2. The summed E-state index contributed by atoms with van der Waals surface area (Å²) < 4.78 is 10.7. The molecule has 1 aliphatic heterocycles. The molecule has 3 rings (SSSR count). The molecule has 0 atom stereocenters. The van der Waals surface area contributed by atoms with Crippen molar-refractivity contribution in [3.8, 4) is 17.6 Å². The molecule has 0 saturated heterocycles. The van der Waals surface area contributed by atoms with Crippen LogP contribution in [-0.2, 0) is 17.8 Å². The van der Waals surface area contributed by atoms with Gasteiger partial charge in [0.15, 0.2) is 16.7 Å². The van der Waals surface area contributed by atoms with Crippen LogP contribution in [0.25, 0.3) is 0 Å². The molecule has 0 fully saturated rings. The number of aromatic nitrogens is 2. The summed E-state index contributed by atoms with van der Waals surface area (Å²) in [5, 5.41) is 9.23. The summed E-state index contributed by atoms with van der Waals surface area (Å²) in [6.07, 6.45) is 2.12. The number of carbonyl (C=O) groups is 1. The van der Waals surface area contributed by atoms with E-state index in [2.05, 4.69) is 9.97 Å². The van der Waals surface area contributed by atoms with Crippen LogP contribution in [0.2, 0.25) is 0 Å². The molecular formula is C18H19N5O3S. The fraction of sp³-hybridized carbons (Fsp3) is 0.333. The molecule has 27 heavy (non-hydrogen) atoms. The summed E-state index contributed by atoms with van der Waals surface area (Å²) in [5.41, 5.74) is 8.12. The lowest BCUT2D eigenvalue weighted by molar-refractivity contribution is -0.129. The molecule has 1 aromatic heterocycles. The van der Waals surface area contributed by atoms with E-state index in [4.69, 9.17) is 20.5 Å². The van der Waals surface area contributed by atoms with Crippen molar-refractivity contribution in [1.82, 2.24) is 14.9 Å². The van der Waals surface area contributed by atoms with Gasteiger partial charge in [0.05, 0.1) is 26.2 Å². The van der Waals surface area contributed by atoms with Gasteiger partial charge in [-0.05, 0) is 29.7 Å². The molecule has 1 aliphatic rings. The van der Waals surface area contributed by atoms with Crippen LogP contribution >= 0.6 is 11.8 Å². The first kappa shape index (κ1) is 18.8. The molecule has 0 spiro atoms. The van der Waals surface area contributed by atoms with Gasteiger partial charge in [0, 0.05) is 13.1 Å². The van der Waals surface area contributed by atoms with E-state index in [0.717, 1.165) is 17.5 Å². The molecule has 2 aromatic rings. The molecule has 1 aromatic carbocycles. The largest absolute Gasteiger partial charge is 0.493 e. The van der Waals surface area contributed by atoms with Crippen LogP contribution in [0.3, 0.4) is 0 Å². The molecule has 2 heterocycles. The number of nitrogen functional groups attached to an aromatic ring is 1. The lowest BCUT2D eigenvalue weighted by Gasteiger charge is -2.29. The number of nitrogens with zero attached hydrogens (tertiary/aromatic N) is 4. The Bertz CT molecular complexity index is 913. The number of carbonyl (C=O) groups excluding carboxylic acids is 1. The Morgan fingerprint density at radius 1 is 1.33 bits per heavy atom. The quantitative estimate of drug-likeness (QED) is 0.610. The van der Waals surface area contributed by atoms with Crippen molar-refractivity contribution < 1.29 is 14.3 Å². The number of hydrogen-bond donors (Lipinski definition) is 1. The number of fused-ring (bicyclic) bond motifs is 1. The van der Waals surface area contributed by atoms with Crippen molar-refractivity contribution in [2.24, 2.45) is 0 Å². The van der Waals surface area contributed by atoms with E-state index in [-0.39, 0.29) is 23.0 Å². The first-order valence-corrected chi connectivity index (χ1v) is 9.21. The van der Waals surface area contributed by atoms with Crippen molar-refractivity contribution in [3.63, 3.8) is 0 Å². The molecular weight excluding hydrogens is 366 g/mol. The van der Waals surface area contributed by atoms with E-state index in [1.54, 1.807) is 19.1 Å². The van der Waals surface area contributed by atoms with Gasteiger partial charge in [0.1, 0.15) is 17.5 Å². The summed E-state index contributed by atoms with van der Waals surface area (Å²) in [6, 6.07) is 5.80. The number of anilines is 1. The Labute approximate surface area is 161 Å². The van der Waals surface area contributed by atoms with Gasteiger partial charge in [-0.1, -0.05) is 11.8 Å². The molecule has 0 saturated carbocycles. The monoisotopic (exact) mass is 385 g/mol. The Hall–Kier alpha value is -2.99. The zero-order valence-electron chi connectivity index (χ0n) is 15.1. The third-order valence-corrected chi connectivity index (χ3v) is 5.16. The highest BCUT2D eigenvalue weighted by atomic mass is 32.2. The summed E-state index contributed by atoms with van der Waals surface area (Å²) in [5.74, 6) is 1.67. The van der Waals surface area contributed by atoms with Gasteiger partial charge in [-0.25, -0.2) is 9.97 Å². The number of benzene rings is 1. The van der Waals surface area contributed by atoms with Crippen LogP contribution < -0.4 is 15.2 Å². The van der Waals surface area contributed by atoms with Crippen LogP contribution in [0, 0.1) is 11.3 Å². The average Bonchev–Trinajstić information content (AvgIpc) is 2.70. The highest BCUT2D eigenvalue weighted by Crippen LogP contribution is 2.33. The van der Waals surface area contributed by atoms with Crippen LogP contribution in [0.15, 0.2) is 23.5 Å². The third kappa shape index (κ3) is 4.06. The third-order valence-electron chi connectivity index (χ3n) is 4.31. The number of ether oxygens (including phenoxy) is 2. The average molecular weight is 385 g/mol. The van der Waals surface area contributed by atoms with Gasteiger partial charge in [-0.3, -0.25) is 4.79 Å². The second kappa shape index (κ2) is 8.14. The maximum atomic E-state index is 12.6. The van der Waals surface area contributed by atoms with Gasteiger partial charge in [0.25, 0.3) is 0 Å². The minimum atomic E-state index is -0.00744. The van der Waals surface area contributed by atoms with Crippen LogP contribution in [0.4, 0.5) is 5.82 Å². The number of methoxy groups -OCH3 is 2. The zero-order valence-corrected chi connectivity index (χ0v) is 15.9. The van der Waals surface area contributed by atoms with Gasteiger partial charge >= 0.3 is 0 Å². The predicted octanol–water partition coefficient (Wildman–Crippen LogP) is 1.62. The topological polar surface area (TPSA) is 114 Å². The highest BCUT2D eigenvalue weighted by molar-refractivity contribution is 7.99. The van der Waals surface area contributed by atoms with E-state index >= 15 is 0 Å². The normalized spacial score (nSPS) is 12.9. The van der Waals surface area contributed by atoms with E-state index in [1.165, 1.54) is 18.0 Å². The fourth-order valence-corrected chi connectivity index (χ4v) is 3.57. The molecule has 2 N–H and O–H groups in total. The van der Waals surface area contributed by atoms with Crippen molar-refractivity contribution in [2.45, 2.75) is 18.1 Å². The standard InChI is InChI=1S/C18H19N5O3S/c1-25-14-5-11-3-4-23(9-12(11)6-15(14)26-2)16(24)10-27-18-21-8-13(7-19)17(20)22-18/h5-6,8H,3-4,9-10H2,1-2H3,(H2,20,21,22). The molecule has 0 bridgehead atoms. The minimum Gasteiger partial charge on any atom is -0.493 e. The zero-order chi connectivity index (χ0) is 19.4. The smallest absolute Gasteiger partial charge is 0.233 e. The second-order valence-corrected chi connectivity index (χ2v) is 6.84. The number of nitrogens with two attached hydrogens (primary N) is 1. The van der Waals surface area contributed by atoms with Crippen LogP contribution in [-0.4, -0.2) is 47.3 Å². The predicted molar refractivity (Wildman–Crippen MR) is 101 cm³/mol. The van der Waals surface area contributed by atoms with E-state index < -0.39 is 0 Å². The van der Waals surface area contributed by atoms with Crippen LogP contribution in [0.1, 0.15) is 16.7 Å². The number of hydrogen-bond acceptors (Lipinski definition) is 8. The summed E-state index contributed by atoms with van der Waals surface area (Å²) in [4.78, 5) is 22.5. The van der Waals surface area contributed by atoms with Crippen molar-refractivity contribution in [3.05, 3.63) is 35.0 Å².